The minimum atomic E-state index is -4.52. The van der Waals surface area contributed by atoms with Crippen molar-refractivity contribution in [3.8, 4) is 11.1 Å². The Balaban J connectivity index is 1.39. The maximum absolute atomic E-state index is 13.5. The molecule has 1 aromatic heterocycles. The number of rotatable bonds is 7. The zero-order chi connectivity index (χ0) is 30.2. The number of hydrogen-bond donors (Lipinski definition) is 2. The molecule has 1 heterocycles. The van der Waals surface area contributed by atoms with Crippen LogP contribution in [0.4, 0.5) is 13.2 Å². The van der Waals surface area contributed by atoms with Crippen molar-refractivity contribution in [3.05, 3.63) is 130 Å². The average molecular weight is 571 g/mol. The van der Waals surface area contributed by atoms with Crippen LogP contribution in [-0.4, -0.2) is 21.6 Å². The molecular formula is C34H29F3N2O3. The average Bonchev–Trinajstić information content (AvgIpc) is 3.21. The lowest BCUT2D eigenvalue weighted by atomic mass is 9.99. The first-order valence-corrected chi connectivity index (χ1v) is 13.4. The SMILES string of the molecule is Cc1c(C)n(Cc2ccc(-c3ccccc3C(=O)O)cc2)c2ccc(C(=O)N[C@H](C)c3ccccc3C(F)(F)F)cc12. The van der Waals surface area contributed by atoms with Gasteiger partial charge in [0.1, 0.15) is 0 Å². The Morgan fingerprint density at radius 2 is 1.57 bits per heavy atom. The van der Waals surface area contributed by atoms with Gasteiger partial charge in [0.15, 0.2) is 0 Å². The number of carbonyl (C=O) groups excluding carboxylic acids is 1. The van der Waals surface area contributed by atoms with Gasteiger partial charge in [-0.2, -0.15) is 13.2 Å². The van der Waals surface area contributed by atoms with E-state index in [2.05, 4.69) is 9.88 Å². The van der Waals surface area contributed by atoms with Crippen LogP contribution < -0.4 is 5.32 Å². The van der Waals surface area contributed by atoms with Crippen molar-refractivity contribution in [2.75, 3.05) is 0 Å². The van der Waals surface area contributed by atoms with Crippen LogP contribution in [0.1, 0.15) is 61.6 Å². The second kappa shape index (κ2) is 11.2. The van der Waals surface area contributed by atoms with E-state index >= 15 is 0 Å². The molecule has 0 spiro atoms. The van der Waals surface area contributed by atoms with Crippen LogP contribution in [0.2, 0.25) is 0 Å². The Morgan fingerprint density at radius 3 is 2.26 bits per heavy atom. The fourth-order valence-corrected chi connectivity index (χ4v) is 5.38. The van der Waals surface area contributed by atoms with E-state index in [1.54, 1.807) is 37.3 Å². The topological polar surface area (TPSA) is 71.3 Å². The lowest BCUT2D eigenvalue weighted by Crippen LogP contribution is -2.28. The van der Waals surface area contributed by atoms with Crippen LogP contribution in [0.25, 0.3) is 22.0 Å². The van der Waals surface area contributed by atoms with Crippen LogP contribution in [0.15, 0.2) is 91.0 Å². The Hall–Kier alpha value is -4.85. The summed E-state index contributed by atoms with van der Waals surface area (Å²) in [5.74, 6) is -1.43. The highest BCUT2D eigenvalue weighted by atomic mass is 19.4. The molecule has 0 saturated carbocycles. The van der Waals surface area contributed by atoms with Crippen LogP contribution in [0.5, 0.6) is 0 Å². The summed E-state index contributed by atoms with van der Waals surface area (Å²) in [4.78, 5) is 24.7. The molecule has 0 fully saturated rings. The number of halogens is 3. The first-order chi connectivity index (χ1) is 20.0. The molecule has 8 heteroatoms. The summed E-state index contributed by atoms with van der Waals surface area (Å²) in [6, 6.07) is 24.4. The Morgan fingerprint density at radius 1 is 0.905 bits per heavy atom. The summed E-state index contributed by atoms with van der Waals surface area (Å²) in [6.45, 7) is 6.08. The summed E-state index contributed by atoms with van der Waals surface area (Å²) < 4.78 is 42.6. The second-order valence-electron chi connectivity index (χ2n) is 10.4. The van der Waals surface area contributed by atoms with Gasteiger partial charge in [-0.3, -0.25) is 4.79 Å². The number of hydrogen-bond acceptors (Lipinski definition) is 2. The molecule has 1 atom stereocenters. The number of aryl methyl sites for hydroxylation is 1. The van der Waals surface area contributed by atoms with Crippen molar-refractivity contribution >= 4 is 22.8 Å². The first-order valence-electron chi connectivity index (χ1n) is 13.4. The molecule has 0 aliphatic heterocycles. The Kier molecular flexibility index (Phi) is 7.65. The first kappa shape index (κ1) is 28.7. The molecule has 5 aromatic rings. The number of aromatic nitrogens is 1. The molecule has 0 unspecified atom stereocenters. The smallest absolute Gasteiger partial charge is 0.416 e. The largest absolute Gasteiger partial charge is 0.478 e. The van der Waals surface area contributed by atoms with Crippen molar-refractivity contribution in [1.82, 2.24) is 9.88 Å². The molecule has 2 N–H and O–H groups in total. The van der Waals surface area contributed by atoms with Crippen LogP contribution in [0, 0.1) is 13.8 Å². The third kappa shape index (κ3) is 5.52. The zero-order valence-electron chi connectivity index (χ0n) is 23.3. The van der Waals surface area contributed by atoms with E-state index in [-0.39, 0.29) is 11.1 Å². The van der Waals surface area contributed by atoms with Gasteiger partial charge in [0.2, 0.25) is 0 Å². The van der Waals surface area contributed by atoms with Crippen LogP contribution >= 0.6 is 0 Å². The fraction of sp³-hybridized carbons (Fsp3) is 0.176. The van der Waals surface area contributed by atoms with Crippen molar-refractivity contribution in [3.63, 3.8) is 0 Å². The number of carboxylic acids is 1. The van der Waals surface area contributed by atoms with Gasteiger partial charge in [-0.1, -0.05) is 60.7 Å². The summed E-state index contributed by atoms with van der Waals surface area (Å²) in [5.41, 5.74) is 5.28. The number of carboxylic acid groups (broad SMARTS) is 1. The molecule has 42 heavy (non-hydrogen) atoms. The lowest BCUT2D eigenvalue weighted by Gasteiger charge is -2.19. The van der Waals surface area contributed by atoms with Crippen molar-refractivity contribution in [2.45, 2.75) is 39.5 Å². The van der Waals surface area contributed by atoms with E-state index in [4.69, 9.17) is 0 Å². The number of nitrogens with one attached hydrogen (secondary N) is 1. The molecule has 5 nitrogen and oxygen atoms in total. The van der Waals surface area contributed by atoms with Crippen LogP contribution in [-0.2, 0) is 12.7 Å². The number of amides is 1. The van der Waals surface area contributed by atoms with Gasteiger partial charge in [-0.25, -0.2) is 4.79 Å². The molecule has 0 bridgehead atoms. The summed E-state index contributed by atoms with van der Waals surface area (Å²) in [7, 11) is 0. The maximum atomic E-state index is 13.5. The predicted octanol–water partition coefficient (Wildman–Crippen LogP) is 8.18. The number of carbonyl (C=O) groups is 2. The third-order valence-electron chi connectivity index (χ3n) is 7.74. The number of benzene rings is 4. The highest BCUT2D eigenvalue weighted by Gasteiger charge is 2.34. The van der Waals surface area contributed by atoms with Gasteiger partial charge in [-0.15, -0.1) is 0 Å². The Bertz CT molecular complexity index is 1800. The molecule has 0 aliphatic rings. The summed E-state index contributed by atoms with van der Waals surface area (Å²) in [5, 5.41) is 13.1. The number of nitrogens with zero attached hydrogens (tertiary/aromatic N) is 1. The van der Waals surface area contributed by atoms with Gasteiger partial charge in [0.05, 0.1) is 17.2 Å². The molecule has 214 valence electrons. The minimum Gasteiger partial charge on any atom is -0.478 e. The van der Waals surface area contributed by atoms with Crippen molar-refractivity contribution in [1.29, 1.82) is 0 Å². The number of aromatic carboxylic acids is 1. The van der Waals surface area contributed by atoms with E-state index in [0.29, 0.717) is 17.7 Å². The van der Waals surface area contributed by atoms with Gasteiger partial charge < -0.3 is 15.0 Å². The van der Waals surface area contributed by atoms with Gasteiger partial charge >= 0.3 is 12.1 Å². The molecule has 0 aliphatic carbocycles. The van der Waals surface area contributed by atoms with E-state index in [1.165, 1.54) is 18.2 Å². The molecule has 0 saturated heterocycles. The lowest BCUT2D eigenvalue weighted by molar-refractivity contribution is -0.138. The van der Waals surface area contributed by atoms with E-state index < -0.39 is 29.7 Å². The zero-order valence-corrected chi connectivity index (χ0v) is 23.3. The molecule has 0 radical (unpaired) electrons. The summed E-state index contributed by atoms with van der Waals surface area (Å²) in [6.07, 6.45) is -4.52. The quantitative estimate of drug-likeness (QED) is 0.207. The monoisotopic (exact) mass is 570 g/mol. The Labute approximate surface area is 241 Å². The van der Waals surface area contributed by atoms with Crippen molar-refractivity contribution < 1.29 is 27.9 Å². The van der Waals surface area contributed by atoms with Crippen LogP contribution in [0.3, 0.4) is 0 Å². The summed E-state index contributed by atoms with van der Waals surface area (Å²) >= 11 is 0. The molecule has 5 rings (SSSR count). The second-order valence-corrected chi connectivity index (χ2v) is 10.4. The van der Waals surface area contributed by atoms with Gasteiger partial charge in [0, 0.05) is 28.7 Å². The number of fused-ring (bicyclic) bond motifs is 1. The standard InChI is InChI=1S/C34H29F3N2O3/c1-20-22(3)39(19-23-12-14-24(15-13-23)27-9-4-5-10-28(27)33(41)42)31-17-16-25(18-29(20)31)32(40)38-21(2)26-8-6-7-11-30(26)34(35,36)37/h4-18,21H,19H2,1-3H3,(H,38,40)(H,41,42)/t21-/m1/s1. The predicted molar refractivity (Wildman–Crippen MR) is 157 cm³/mol. The maximum Gasteiger partial charge on any atom is 0.416 e. The number of alkyl halides is 3. The van der Waals surface area contributed by atoms with E-state index in [0.717, 1.165) is 39.4 Å². The van der Waals surface area contributed by atoms with E-state index in [9.17, 15) is 27.9 Å². The van der Waals surface area contributed by atoms with Gasteiger partial charge in [-0.05, 0) is 78.9 Å². The third-order valence-corrected chi connectivity index (χ3v) is 7.74. The molecular weight excluding hydrogens is 541 g/mol. The normalized spacial score (nSPS) is 12.3. The highest BCUT2D eigenvalue weighted by Crippen LogP contribution is 2.35. The van der Waals surface area contributed by atoms with E-state index in [1.807, 2.05) is 50.2 Å². The highest BCUT2D eigenvalue weighted by molar-refractivity contribution is 5.99. The molecule has 4 aromatic carbocycles. The fourth-order valence-electron chi connectivity index (χ4n) is 5.38. The molecule has 1 amide bonds. The van der Waals surface area contributed by atoms with Crippen molar-refractivity contribution in [2.24, 2.45) is 0 Å². The minimum absolute atomic E-state index is 0.00933. The van der Waals surface area contributed by atoms with Gasteiger partial charge in [0.25, 0.3) is 5.91 Å².